The molecule has 0 bridgehead atoms. The van der Waals surface area contributed by atoms with Gasteiger partial charge in [0.1, 0.15) is 5.82 Å². The number of fused-ring (bicyclic) bond motifs is 2. The molecule has 0 fully saturated rings. The van der Waals surface area contributed by atoms with E-state index in [-0.39, 0.29) is 0 Å². The summed E-state index contributed by atoms with van der Waals surface area (Å²) in [5, 5.41) is 1.25. The van der Waals surface area contributed by atoms with Crippen LogP contribution < -0.4 is 5.73 Å². The van der Waals surface area contributed by atoms with E-state index in [9.17, 15) is 0 Å². The van der Waals surface area contributed by atoms with Crippen LogP contribution >= 0.6 is 0 Å². The molecule has 0 saturated heterocycles. The number of nitrogens with two attached hydrogens (primary N) is 1. The molecule has 0 radical (unpaired) electrons. The van der Waals surface area contributed by atoms with E-state index in [0.717, 1.165) is 24.5 Å². The highest BCUT2D eigenvalue weighted by atomic mass is 15.1. The molecule has 3 heterocycles. The van der Waals surface area contributed by atoms with Crippen LogP contribution in [0.25, 0.3) is 22.2 Å². The van der Waals surface area contributed by atoms with E-state index < -0.39 is 0 Å². The smallest absolute Gasteiger partial charge is 0.123 e. The molecule has 20 heavy (non-hydrogen) atoms. The molecule has 0 unspecified atom stereocenters. The van der Waals surface area contributed by atoms with Crippen LogP contribution in [-0.2, 0) is 19.5 Å². The number of nitrogens with zero attached hydrogens (tertiary/aromatic N) is 2. The van der Waals surface area contributed by atoms with Gasteiger partial charge in [-0.15, -0.1) is 0 Å². The highest BCUT2D eigenvalue weighted by Crippen LogP contribution is 2.36. The molecule has 0 saturated carbocycles. The predicted molar refractivity (Wildman–Crippen MR) is 80.5 cm³/mol. The molecular formula is C16H18N4. The molecule has 1 aromatic carbocycles. The van der Waals surface area contributed by atoms with E-state index in [1.54, 1.807) is 0 Å². The first kappa shape index (κ1) is 11.7. The van der Waals surface area contributed by atoms with Crippen molar-refractivity contribution in [1.29, 1.82) is 0 Å². The first-order valence-electron chi connectivity index (χ1n) is 7.15. The molecule has 102 valence electrons. The molecule has 0 aliphatic carbocycles. The van der Waals surface area contributed by atoms with Crippen molar-refractivity contribution in [3.63, 3.8) is 0 Å². The van der Waals surface area contributed by atoms with E-state index >= 15 is 0 Å². The standard InChI is InChI=1S/C16H18N4/c1-10-15(11-5-2-3-6-12(11)18-10)16-13-7-4-8-20(13)14(9-17)19-16/h2-3,5-6,18H,4,7-9,17H2,1H3. The van der Waals surface area contributed by atoms with Gasteiger partial charge in [0, 0.05) is 34.4 Å². The zero-order chi connectivity index (χ0) is 13.7. The lowest BCUT2D eigenvalue weighted by Gasteiger charge is -2.01. The summed E-state index contributed by atoms with van der Waals surface area (Å²) in [4.78, 5) is 8.29. The van der Waals surface area contributed by atoms with Crippen molar-refractivity contribution in [3.05, 3.63) is 41.5 Å². The van der Waals surface area contributed by atoms with Gasteiger partial charge in [0.25, 0.3) is 0 Å². The third kappa shape index (κ3) is 1.48. The Morgan fingerprint density at radius 3 is 3.05 bits per heavy atom. The number of benzene rings is 1. The third-order valence-electron chi connectivity index (χ3n) is 4.26. The minimum absolute atomic E-state index is 0.508. The minimum atomic E-state index is 0.508. The van der Waals surface area contributed by atoms with E-state index in [0.29, 0.717) is 6.54 Å². The summed E-state index contributed by atoms with van der Waals surface area (Å²) in [5.74, 6) is 1.01. The summed E-state index contributed by atoms with van der Waals surface area (Å²) < 4.78 is 2.30. The van der Waals surface area contributed by atoms with Crippen LogP contribution in [-0.4, -0.2) is 14.5 Å². The van der Waals surface area contributed by atoms with Crippen LogP contribution in [0, 0.1) is 6.92 Å². The van der Waals surface area contributed by atoms with Gasteiger partial charge in [0.05, 0.1) is 12.2 Å². The van der Waals surface area contributed by atoms with Gasteiger partial charge in [-0.2, -0.15) is 0 Å². The van der Waals surface area contributed by atoms with Gasteiger partial charge in [-0.1, -0.05) is 18.2 Å². The zero-order valence-corrected chi connectivity index (χ0v) is 11.6. The average Bonchev–Trinajstić information content (AvgIpc) is 3.11. The quantitative estimate of drug-likeness (QED) is 0.749. The van der Waals surface area contributed by atoms with Crippen molar-refractivity contribution in [2.75, 3.05) is 0 Å². The third-order valence-corrected chi connectivity index (χ3v) is 4.26. The van der Waals surface area contributed by atoms with Crippen molar-refractivity contribution in [1.82, 2.24) is 14.5 Å². The maximum atomic E-state index is 5.85. The Kier molecular flexibility index (Phi) is 2.47. The number of hydrogen-bond donors (Lipinski definition) is 2. The lowest BCUT2D eigenvalue weighted by molar-refractivity contribution is 0.689. The molecule has 4 heteroatoms. The maximum Gasteiger partial charge on any atom is 0.123 e. The normalized spacial score (nSPS) is 14.1. The summed E-state index contributed by atoms with van der Waals surface area (Å²) in [5.41, 5.74) is 11.9. The topological polar surface area (TPSA) is 59.6 Å². The van der Waals surface area contributed by atoms with E-state index in [1.165, 1.54) is 34.3 Å². The van der Waals surface area contributed by atoms with Crippen molar-refractivity contribution >= 4 is 10.9 Å². The molecular weight excluding hydrogens is 248 g/mol. The monoisotopic (exact) mass is 266 g/mol. The Labute approximate surface area is 117 Å². The first-order chi connectivity index (χ1) is 9.79. The largest absolute Gasteiger partial charge is 0.358 e. The number of rotatable bonds is 2. The number of aromatic amines is 1. The predicted octanol–water partition coefficient (Wildman–Crippen LogP) is 2.74. The Bertz CT molecular complexity index is 794. The second kappa shape index (κ2) is 4.21. The van der Waals surface area contributed by atoms with Crippen LogP contribution in [0.5, 0.6) is 0 Å². The molecule has 3 aromatic rings. The van der Waals surface area contributed by atoms with Crippen molar-refractivity contribution in [3.8, 4) is 11.3 Å². The van der Waals surface area contributed by atoms with Gasteiger partial charge in [-0.05, 0) is 25.8 Å². The Morgan fingerprint density at radius 1 is 1.35 bits per heavy atom. The van der Waals surface area contributed by atoms with Gasteiger partial charge < -0.3 is 15.3 Å². The molecule has 4 rings (SSSR count). The molecule has 1 aliphatic rings. The van der Waals surface area contributed by atoms with Gasteiger partial charge in [-0.25, -0.2) is 4.98 Å². The minimum Gasteiger partial charge on any atom is -0.358 e. The van der Waals surface area contributed by atoms with Gasteiger partial charge >= 0.3 is 0 Å². The molecule has 1 aliphatic heterocycles. The summed E-state index contributed by atoms with van der Waals surface area (Å²) in [7, 11) is 0. The number of hydrogen-bond acceptors (Lipinski definition) is 2. The Balaban J connectivity index is 2.03. The number of para-hydroxylation sites is 1. The van der Waals surface area contributed by atoms with Crippen LogP contribution in [0.3, 0.4) is 0 Å². The molecule has 0 spiro atoms. The van der Waals surface area contributed by atoms with Gasteiger partial charge in [0.15, 0.2) is 0 Å². The number of aromatic nitrogens is 3. The second-order valence-corrected chi connectivity index (χ2v) is 5.45. The van der Waals surface area contributed by atoms with Crippen molar-refractivity contribution in [2.24, 2.45) is 5.73 Å². The van der Waals surface area contributed by atoms with Crippen molar-refractivity contribution in [2.45, 2.75) is 32.9 Å². The summed E-state index contributed by atoms with van der Waals surface area (Å²) in [6.07, 6.45) is 2.29. The van der Waals surface area contributed by atoms with Crippen LogP contribution in [0.15, 0.2) is 24.3 Å². The first-order valence-corrected chi connectivity index (χ1v) is 7.15. The fraction of sp³-hybridized carbons (Fsp3) is 0.312. The number of nitrogens with one attached hydrogen (secondary N) is 1. The molecule has 0 amide bonds. The zero-order valence-electron chi connectivity index (χ0n) is 11.6. The van der Waals surface area contributed by atoms with E-state index in [2.05, 4.69) is 40.7 Å². The van der Waals surface area contributed by atoms with E-state index in [4.69, 9.17) is 10.7 Å². The van der Waals surface area contributed by atoms with E-state index in [1.807, 2.05) is 0 Å². The summed E-state index contributed by atoms with van der Waals surface area (Å²) in [6, 6.07) is 8.42. The fourth-order valence-corrected chi connectivity index (χ4v) is 3.40. The lowest BCUT2D eigenvalue weighted by Crippen LogP contribution is -2.06. The SMILES string of the molecule is Cc1[nH]c2ccccc2c1-c1nc(CN)n2c1CCC2. The number of aryl methyl sites for hydroxylation is 1. The molecule has 3 N–H and O–H groups in total. The van der Waals surface area contributed by atoms with Crippen LogP contribution in [0.1, 0.15) is 23.6 Å². The van der Waals surface area contributed by atoms with Gasteiger partial charge in [0.2, 0.25) is 0 Å². The lowest BCUT2D eigenvalue weighted by atomic mass is 10.1. The van der Waals surface area contributed by atoms with Crippen LogP contribution in [0.2, 0.25) is 0 Å². The number of imidazole rings is 1. The molecule has 0 atom stereocenters. The van der Waals surface area contributed by atoms with Crippen LogP contribution in [0.4, 0.5) is 0 Å². The maximum absolute atomic E-state index is 5.85. The molecule has 4 nitrogen and oxygen atoms in total. The highest BCUT2D eigenvalue weighted by Gasteiger charge is 2.24. The summed E-state index contributed by atoms with van der Waals surface area (Å²) in [6.45, 7) is 3.68. The Hall–Kier alpha value is -2.07. The summed E-state index contributed by atoms with van der Waals surface area (Å²) >= 11 is 0. The number of H-pyrrole nitrogens is 1. The second-order valence-electron chi connectivity index (χ2n) is 5.45. The van der Waals surface area contributed by atoms with Gasteiger partial charge in [-0.3, -0.25) is 0 Å². The fourth-order valence-electron chi connectivity index (χ4n) is 3.40. The Morgan fingerprint density at radius 2 is 2.20 bits per heavy atom. The molecule has 2 aromatic heterocycles. The highest BCUT2D eigenvalue weighted by molar-refractivity contribution is 5.97. The van der Waals surface area contributed by atoms with Crippen molar-refractivity contribution < 1.29 is 0 Å². The average molecular weight is 266 g/mol.